The Labute approximate surface area is 140 Å². The molecule has 0 rings (SSSR count). The molecular formula is C20H42O2. The van der Waals surface area contributed by atoms with Gasteiger partial charge in [0.1, 0.15) is 0 Å². The van der Waals surface area contributed by atoms with Gasteiger partial charge in [-0.3, -0.25) is 0 Å². The van der Waals surface area contributed by atoms with E-state index < -0.39 is 0 Å². The molecule has 0 aromatic rings. The summed E-state index contributed by atoms with van der Waals surface area (Å²) in [6.45, 7) is 10.6. The topological polar surface area (TPSA) is 18.5 Å². The summed E-state index contributed by atoms with van der Waals surface area (Å²) in [6, 6.07) is 0. The van der Waals surface area contributed by atoms with Crippen molar-refractivity contribution in [3.05, 3.63) is 0 Å². The standard InChI is InChI=1S/C20H42O2/c1-5-9-12-13-14-15-16-17-20(8-4,21-18-10-6-2)22-19-11-7-3/h5-19H2,1-4H3. The van der Waals surface area contributed by atoms with Crippen LogP contribution in [0, 0.1) is 0 Å². The van der Waals surface area contributed by atoms with Crippen LogP contribution in [0.4, 0.5) is 0 Å². The molecular weight excluding hydrogens is 272 g/mol. The van der Waals surface area contributed by atoms with Gasteiger partial charge in [0.15, 0.2) is 5.79 Å². The maximum atomic E-state index is 6.19. The van der Waals surface area contributed by atoms with E-state index in [1.54, 1.807) is 0 Å². The highest BCUT2D eigenvalue weighted by atomic mass is 16.7. The molecule has 0 radical (unpaired) electrons. The largest absolute Gasteiger partial charge is 0.350 e. The SMILES string of the molecule is CCCCCCCCCC(CC)(OCCCC)OCCCC. The van der Waals surface area contributed by atoms with Crippen molar-refractivity contribution in [3.8, 4) is 0 Å². The Morgan fingerprint density at radius 1 is 0.545 bits per heavy atom. The number of hydrogen-bond donors (Lipinski definition) is 0. The zero-order valence-electron chi connectivity index (χ0n) is 15.9. The van der Waals surface area contributed by atoms with E-state index in [0.717, 1.165) is 38.9 Å². The molecule has 0 saturated heterocycles. The molecule has 2 heteroatoms. The van der Waals surface area contributed by atoms with E-state index in [4.69, 9.17) is 9.47 Å². The normalized spacial score (nSPS) is 12.0. The van der Waals surface area contributed by atoms with Crippen LogP contribution >= 0.6 is 0 Å². The maximum absolute atomic E-state index is 6.19. The van der Waals surface area contributed by atoms with Gasteiger partial charge in [-0.25, -0.2) is 0 Å². The quantitative estimate of drug-likeness (QED) is 0.215. The summed E-state index contributed by atoms with van der Waals surface area (Å²) in [4.78, 5) is 0. The second kappa shape index (κ2) is 15.8. The molecule has 0 aliphatic rings. The third-order valence-corrected chi connectivity index (χ3v) is 4.43. The van der Waals surface area contributed by atoms with E-state index in [1.807, 2.05) is 0 Å². The van der Waals surface area contributed by atoms with Crippen LogP contribution in [0.25, 0.3) is 0 Å². The van der Waals surface area contributed by atoms with E-state index in [2.05, 4.69) is 27.7 Å². The molecule has 2 nitrogen and oxygen atoms in total. The molecule has 0 N–H and O–H groups in total. The molecule has 134 valence electrons. The molecule has 0 aliphatic heterocycles. The Balaban J connectivity index is 4.07. The molecule has 0 aliphatic carbocycles. The molecule has 0 amide bonds. The monoisotopic (exact) mass is 314 g/mol. The van der Waals surface area contributed by atoms with Crippen molar-refractivity contribution in [2.45, 2.75) is 117 Å². The highest BCUT2D eigenvalue weighted by Gasteiger charge is 2.29. The summed E-state index contributed by atoms with van der Waals surface area (Å²) in [7, 11) is 0. The van der Waals surface area contributed by atoms with Crippen LogP contribution in [0.15, 0.2) is 0 Å². The van der Waals surface area contributed by atoms with Crippen molar-refractivity contribution >= 4 is 0 Å². The molecule has 0 heterocycles. The van der Waals surface area contributed by atoms with E-state index in [-0.39, 0.29) is 5.79 Å². The van der Waals surface area contributed by atoms with Gasteiger partial charge in [-0.2, -0.15) is 0 Å². The second-order valence-corrected chi connectivity index (χ2v) is 6.54. The third kappa shape index (κ3) is 11.5. The third-order valence-electron chi connectivity index (χ3n) is 4.43. The van der Waals surface area contributed by atoms with Gasteiger partial charge in [-0.1, -0.05) is 79.1 Å². The minimum Gasteiger partial charge on any atom is -0.350 e. The molecule has 0 unspecified atom stereocenters. The highest BCUT2D eigenvalue weighted by molar-refractivity contribution is 4.69. The Bertz CT molecular complexity index is 206. The minimum absolute atomic E-state index is 0.312. The van der Waals surface area contributed by atoms with Crippen molar-refractivity contribution in [2.24, 2.45) is 0 Å². The summed E-state index contributed by atoms with van der Waals surface area (Å²) in [6.07, 6.45) is 16.1. The van der Waals surface area contributed by atoms with Crippen molar-refractivity contribution < 1.29 is 9.47 Å². The first-order valence-electron chi connectivity index (χ1n) is 10.0. The fourth-order valence-corrected chi connectivity index (χ4v) is 2.72. The minimum atomic E-state index is -0.312. The molecule has 0 aromatic carbocycles. The van der Waals surface area contributed by atoms with Gasteiger partial charge in [0.2, 0.25) is 0 Å². The first-order valence-corrected chi connectivity index (χ1v) is 10.0. The van der Waals surface area contributed by atoms with Gasteiger partial charge in [0.05, 0.1) is 13.2 Å². The van der Waals surface area contributed by atoms with Gasteiger partial charge in [-0.05, 0) is 25.7 Å². The number of ether oxygens (including phenoxy) is 2. The van der Waals surface area contributed by atoms with Crippen LogP contribution < -0.4 is 0 Å². The summed E-state index contributed by atoms with van der Waals surface area (Å²) in [5, 5.41) is 0. The lowest BCUT2D eigenvalue weighted by Gasteiger charge is -2.33. The van der Waals surface area contributed by atoms with Crippen molar-refractivity contribution in [1.29, 1.82) is 0 Å². The van der Waals surface area contributed by atoms with Gasteiger partial charge < -0.3 is 9.47 Å². The smallest absolute Gasteiger partial charge is 0.168 e. The lowest BCUT2D eigenvalue weighted by atomic mass is 10.0. The van der Waals surface area contributed by atoms with E-state index in [0.29, 0.717) is 0 Å². The molecule has 0 fully saturated rings. The van der Waals surface area contributed by atoms with Crippen LogP contribution in [0.5, 0.6) is 0 Å². The van der Waals surface area contributed by atoms with Gasteiger partial charge >= 0.3 is 0 Å². The summed E-state index contributed by atoms with van der Waals surface area (Å²) < 4.78 is 12.4. The molecule has 0 saturated carbocycles. The zero-order chi connectivity index (χ0) is 16.5. The van der Waals surface area contributed by atoms with Crippen LogP contribution in [0.2, 0.25) is 0 Å². The van der Waals surface area contributed by atoms with Gasteiger partial charge in [-0.15, -0.1) is 0 Å². The Hall–Kier alpha value is -0.0800. The fraction of sp³-hybridized carbons (Fsp3) is 1.00. The first-order chi connectivity index (χ1) is 10.7. The lowest BCUT2D eigenvalue weighted by Crippen LogP contribution is -2.36. The molecule has 22 heavy (non-hydrogen) atoms. The predicted octanol–water partition coefficient (Wildman–Crippen LogP) is 6.87. The zero-order valence-corrected chi connectivity index (χ0v) is 15.9. The molecule has 0 atom stereocenters. The first kappa shape index (κ1) is 21.9. The number of unbranched alkanes of at least 4 members (excludes halogenated alkanes) is 8. The second-order valence-electron chi connectivity index (χ2n) is 6.54. The summed E-state index contributed by atoms with van der Waals surface area (Å²) in [5.41, 5.74) is 0. The average molecular weight is 315 g/mol. The highest BCUT2D eigenvalue weighted by Crippen LogP contribution is 2.27. The van der Waals surface area contributed by atoms with Gasteiger partial charge in [0.25, 0.3) is 0 Å². The summed E-state index contributed by atoms with van der Waals surface area (Å²) in [5.74, 6) is -0.312. The van der Waals surface area contributed by atoms with Crippen LogP contribution in [0.3, 0.4) is 0 Å². The molecule has 0 aromatic heterocycles. The predicted molar refractivity (Wildman–Crippen MR) is 97.4 cm³/mol. The van der Waals surface area contributed by atoms with E-state index >= 15 is 0 Å². The van der Waals surface area contributed by atoms with Crippen LogP contribution in [-0.2, 0) is 9.47 Å². The molecule has 0 spiro atoms. The van der Waals surface area contributed by atoms with Gasteiger partial charge in [0, 0.05) is 6.42 Å². The van der Waals surface area contributed by atoms with Crippen molar-refractivity contribution in [1.82, 2.24) is 0 Å². The van der Waals surface area contributed by atoms with E-state index in [1.165, 1.54) is 57.8 Å². The van der Waals surface area contributed by atoms with Crippen molar-refractivity contribution in [2.75, 3.05) is 13.2 Å². The average Bonchev–Trinajstić information content (AvgIpc) is 2.54. The van der Waals surface area contributed by atoms with Crippen LogP contribution in [0.1, 0.15) is 111 Å². The number of rotatable bonds is 17. The molecule has 0 bridgehead atoms. The van der Waals surface area contributed by atoms with Crippen LogP contribution in [-0.4, -0.2) is 19.0 Å². The number of hydrogen-bond acceptors (Lipinski definition) is 2. The lowest BCUT2D eigenvalue weighted by molar-refractivity contribution is -0.244. The summed E-state index contributed by atoms with van der Waals surface area (Å²) >= 11 is 0. The Kier molecular flexibility index (Phi) is 15.7. The van der Waals surface area contributed by atoms with E-state index in [9.17, 15) is 0 Å². The van der Waals surface area contributed by atoms with Crippen molar-refractivity contribution in [3.63, 3.8) is 0 Å². The maximum Gasteiger partial charge on any atom is 0.168 e. The Morgan fingerprint density at radius 2 is 1.00 bits per heavy atom. The fourth-order valence-electron chi connectivity index (χ4n) is 2.72. The Morgan fingerprint density at radius 3 is 1.45 bits per heavy atom.